The standard InChI is InChI=1S/C24H17ClINO4/c1-29-21-13-16(11-19(25)22(21)30-14-15-5-3-2-4-6-15)12-20-24(28)31-23(27-20)17-7-9-18(26)10-8-17/h2-13H,14H2,1H3/b20-12-. The Morgan fingerprint density at radius 1 is 1.10 bits per heavy atom. The summed E-state index contributed by atoms with van der Waals surface area (Å²) < 4.78 is 17.7. The van der Waals surface area contributed by atoms with E-state index in [2.05, 4.69) is 27.6 Å². The molecular formula is C24H17ClINO4. The predicted octanol–water partition coefficient (Wildman–Crippen LogP) is 5.88. The normalized spacial score (nSPS) is 14.4. The Morgan fingerprint density at radius 3 is 2.55 bits per heavy atom. The molecule has 3 aromatic rings. The number of nitrogens with zero attached hydrogens (tertiary/aromatic N) is 1. The Kier molecular flexibility index (Phi) is 6.58. The van der Waals surface area contributed by atoms with Gasteiger partial charge in [-0.15, -0.1) is 0 Å². The van der Waals surface area contributed by atoms with Crippen LogP contribution in [0.5, 0.6) is 11.5 Å². The van der Waals surface area contributed by atoms with Crippen molar-refractivity contribution in [1.82, 2.24) is 0 Å². The summed E-state index contributed by atoms with van der Waals surface area (Å²) in [5, 5.41) is 0.371. The maximum Gasteiger partial charge on any atom is 0.363 e. The molecule has 0 saturated carbocycles. The van der Waals surface area contributed by atoms with Gasteiger partial charge < -0.3 is 14.2 Å². The number of aliphatic imine (C=N–C) groups is 1. The van der Waals surface area contributed by atoms with Gasteiger partial charge in [0, 0.05) is 9.13 Å². The molecule has 4 rings (SSSR count). The summed E-state index contributed by atoms with van der Waals surface area (Å²) in [6.07, 6.45) is 1.61. The van der Waals surface area contributed by atoms with E-state index in [4.69, 9.17) is 25.8 Å². The first kappa shape index (κ1) is 21.4. The Hall–Kier alpha value is -2.84. The maximum absolute atomic E-state index is 12.3. The minimum Gasteiger partial charge on any atom is -0.493 e. The molecule has 0 saturated heterocycles. The first-order valence-electron chi connectivity index (χ1n) is 9.36. The Morgan fingerprint density at radius 2 is 1.84 bits per heavy atom. The summed E-state index contributed by atoms with van der Waals surface area (Å²) in [7, 11) is 1.54. The lowest BCUT2D eigenvalue weighted by Gasteiger charge is -2.13. The minimum atomic E-state index is -0.520. The van der Waals surface area contributed by atoms with Gasteiger partial charge in [-0.2, -0.15) is 0 Å². The van der Waals surface area contributed by atoms with Gasteiger partial charge in [-0.3, -0.25) is 0 Å². The number of rotatable bonds is 6. The van der Waals surface area contributed by atoms with Crippen LogP contribution < -0.4 is 9.47 Å². The number of halogens is 2. The van der Waals surface area contributed by atoms with Crippen molar-refractivity contribution in [3.63, 3.8) is 0 Å². The van der Waals surface area contributed by atoms with Crippen molar-refractivity contribution in [2.45, 2.75) is 6.61 Å². The third-order valence-electron chi connectivity index (χ3n) is 4.49. The molecule has 3 aromatic carbocycles. The lowest BCUT2D eigenvalue weighted by molar-refractivity contribution is -0.129. The van der Waals surface area contributed by atoms with Crippen LogP contribution in [0.4, 0.5) is 0 Å². The van der Waals surface area contributed by atoms with Gasteiger partial charge in [-0.1, -0.05) is 41.9 Å². The van der Waals surface area contributed by atoms with E-state index >= 15 is 0 Å². The van der Waals surface area contributed by atoms with Gasteiger partial charge in [0.2, 0.25) is 5.90 Å². The molecule has 156 valence electrons. The first-order chi connectivity index (χ1) is 15.0. The van der Waals surface area contributed by atoms with Crippen LogP contribution in [0, 0.1) is 3.57 Å². The van der Waals surface area contributed by atoms with E-state index in [1.54, 1.807) is 18.2 Å². The van der Waals surface area contributed by atoms with E-state index in [-0.39, 0.29) is 11.6 Å². The largest absolute Gasteiger partial charge is 0.493 e. The van der Waals surface area contributed by atoms with Crippen LogP contribution in [0.25, 0.3) is 6.08 Å². The monoisotopic (exact) mass is 545 g/mol. The van der Waals surface area contributed by atoms with Crippen molar-refractivity contribution in [2.75, 3.05) is 7.11 Å². The van der Waals surface area contributed by atoms with Crippen LogP contribution in [-0.4, -0.2) is 19.0 Å². The van der Waals surface area contributed by atoms with Crippen LogP contribution in [0.15, 0.2) is 77.4 Å². The molecule has 0 aromatic heterocycles. The van der Waals surface area contributed by atoms with E-state index in [1.807, 2.05) is 54.6 Å². The second kappa shape index (κ2) is 9.53. The SMILES string of the molecule is COc1cc(/C=C2\N=C(c3ccc(I)cc3)OC2=O)cc(Cl)c1OCc1ccccc1. The zero-order valence-electron chi connectivity index (χ0n) is 16.5. The molecule has 7 heteroatoms. The van der Waals surface area contributed by atoms with E-state index in [0.717, 1.165) is 14.7 Å². The van der Waals surface area contributed by atoms with Gasteiger partial charge in [0.1, 0.15) is 6.61 Å². The first-order valence-corrected chi connectivity index (χ1v) is 10.8. The van der Waals surface area contributed by atoms with Gasteiger partial charge >= 0.3 is 5.97 Å². The average molecular weight is 546 g/mol. The Balaban J connectivity index is 1.59. The Bertz CT molecular complexity index is 1170. The molecule has 1 aliphatic rings. The highest BCUT2D eigenvalue weighted by molar-refractivity contribution is 14.1. The van der Waals surface area contributed by atoms with Crippen LogP contribution in [0.1, 0.15) is 16.7 Å². The van der Waals surface area contributed by atoms with Crippen molar-refractivity contribution < 1.29 is 19.0 Å². The summed E-state index contributed by atoms with van der Waals surface area (Å²) in [6, 6.07) is 20.8. The zero-order chi connectivity index (χ0) is 21.8. The number of benzene rings is 3. The van der Waals surface area contributed by atoms with Crippen LogP contribution in [0.3, 0.4) is 0 Å². The number of esters is 1. The third kappa shape index (κ3) is 5.08. The van der Waals surface area contributed by atoms with Gasteiger partial charge in [-0.05, 0) is 76.2 Å². The van der Waals surface area contributed by atoms with Crippen molar-refractivity contribution in [2.24, 2.45) is 4.99 Å². The molecule has 0 bridgehead atoms. The van der Waals surface area contributed by atoms with Gasteiger partial charge in [0.15, 0.2) is 17.2 Å². The molecule has 0 N–H and O–H groups in total. The molecule has 0 atom stereocenters. The molecule has 1 aliphatic heterocycles. The van der Waals surface area contributed by atoms with E-state index in [9.17, 15) is 4.79 Å². The number of cyclic esters (lactones) is 1. The summed E-state index contributed by atoms with van der Waals surface area (Å²) in [5.74, 6) is 0.650. The highest BCUT2D eigenvalue weighted by Crippen LogP contribution is 2.38. The average Bonchev–Trinajstić information content (AvgIpc) is 3.14. The topological polar surface area (TPSA) is 57.1 Å². The molecule has 5 nitrogen and oxygen atoms in total. The van der Waals surface area contributed by atoms with Crippen molar-refractivity contribution in [1.29, 1.82) is 0 Å². The molecular weight excluding hydrogens is 529 g/mol. The highest BCUT2D eigenvalue weighted by atomic mass is 127. The van der Waals surface area contributed by atoms with Gasteiger partial charge in [0.25, 0.3) is 0 Å². The van der Waals surface area contributed by atoms with Crippen molar-refractivity contribution in [3.05, 3.63) is 97.7 Å². The lowest BCUT2D eigenvalue weighted by Crippen LogP contribution is -2.05. The van der Waals surface area contributed by atoms with Crippen molar-refractivity contribution in [3.8, 4) is 11.5 Å². The number of methoxy groups -OCH3 is 1. The number of carbonyl (C=O) groups excluding carboxylic acids is 1. The van der Waals surface area contributed by atoms with Crippen LogP contribution in [-0.2, 0) is 16.1 Å². The fourth-order valence-corrected chi connectivity index (χ4v) is 3.61. The molecule has 0 spiro atoms. The predicted molar refractivity (Wildman–Crippen MR) is 129 cm³/mol. The fraction of sp³-hybridized carbons (Fsp3) is 0.0833. The maximum atomic E-state index is 12.3. The van der Waals surface area contributed by atoms with Gasteiger partial charge in [-0.25, -0.2) is 9.79 Å². The minimum absolute atomic E-state index is 0.185. The highest BCUT2D eigenvalue weighted by Gasteiger charge is 2.24. The second-order valence-electron chi connectivity index (χ2n) is 6.65. The number of hydrogen-bond donors (Lipinski definition) is 0. The van der Waals surface area contributed by atoms with Crippen LogP contribution >= 0.6 is 34.2 Å². The lowest BCUT2D eigenvalue weighted by atomic mass is 10.1. The molecule has 31 heavy (non-hydrogen) atoms. The Labute approximate surface area is 198 Å². The zero-order valence-corrected chi connectivity index (χ0v) is 19.4. The third-order valence-corrected chi connectivity index (χ3v) is 5.49. The molecule has 0 aliphatic carbocycles. The molecule has 0 unspecified atom stereocenters. The quantitative estimate of drug-likeness (QED) is 0.221. The van der Waals surface area contributed by atoms with Crippen molar-refractivity contribution >= 4 is 52.1 Å². The number of carbonyl (C=O) groups is 1. The van der Waals surface area contributed by atoms with E-state index < -0.39 is 5.97 Å². The number of hydrogen-bond acceptors (Lipinski definition) is 5. The van der Waals surface area contributed by atoms with E-state index in [0.29, 0.717) is 28.7 Å². The van der Waals surface area contributed by atoms with Crippen LogP contribution in [0.2, 0.25) is 5.02 Å². The summed E-state index contributed by atoms with van der Waals surface area (Å²) in [4.78, 5) is 16.6. The molecule has 1 heterocycles. The molecule has 0 radical (unpaired) electrons. The number of ether oxygens (including phenoxy) is 3. The summed E-state index contributed by atoms with van der Waals surface area (Å²) in [6.45, 7) is 0.355. The summed E-state index contributed by atoms with van der Waals surface area (Å²) >= 11 is 8.66. The second-order valence-corrected chi connectivity index (χ2v) is 8.30. The molecule has 0 fully saturated rings. The smallest absolute Gasteiger partial charge is 0.363 e. The van der Waals surface area contributed by atoms with Gasteiger partial charge in [0.05, 0.1) is 12.1 Å². The summed E-state index contributed by atoms with van der Waals surface area (Å²) in [5.41, 5.74) is 2.58. The van der Waals surface area contributed by atoms with E-state index in [1.165, 1.54) is 7.11 Å². The molecule has 0 amide bonds. The fourth-order valence-electron chi connectivity index (χ4n) is 2.98.